The van der Waals surface area contributed by atoms with Gasteiger partial charge in [-0.25, -0.2) is 0 Å². The molecular weight excluding hydrogens is 320 g/mol. The molecule has 8 nitrogen and oxygen atoms in total. The molecule has 0 aliphatic rings. The van der Waals surface area contributed by atoms with Gasteiger partial charge in [0.2, 0.25) is 10.9 Å². The van der Waals surface area contributed by atoms with E-state index in [1.54, 1.807) is 32.9 Å². The molecule has 1 aromatic heterocycles. The van der Waals surface area contributed by atoms with Crippen LogP contribution in [0.5, 0.6) is 0 Å². The molecule has 1 N–H and O–H groups in total. The van der Waals surface area contributed by atoms with E-state index in [4.69, 9.17) is 0 Å². The number of benzene rings is 1. The van der Waals surface area contributed by atoms with E-state index in [1.807, 2.05) is 0 Å². The van der Waals surface area contributed by atoms with Crippen LogP contribution in [0.1, 0.15) is 20.8 Å². The molecular formula is C14H14N4O4S. The van der Waals surface area contributed by atoms with Crippen LogP contribution in [0.2, 0.25) is 0 Å². The fourth-order valence-corrected chi connectivity index (χ4v) is 2.35. The zero-order valence-corrected chi connectivity index (χ0v) is 13.5. The summed E-state index contributed by atoms with van der Waals surface area (Å²) in [4.78, 5) is 33.8. The number of nitro groups is 1. The van der Waals surface area contributed by atoms with E-state index in [0.29, 0.717) is 10.6 Å². The smallest absolute Gasteiger partial charge is 0.294 e. The maximum absolute atomic E-state index is 11.8. The zero-order chi connectivity index (χ0) is 17.2. The summed E-state index contributed by atoms with van der Waals surface area (Å²) >= 11 is 1.08. The lowest BCUT2D eigenvalue weighted by Crippen LogP contribution is -2.33. The Morgan fingerprint density at radius 3 is 2.30 bits per heavy atom. The van der Waals surface area contributed by atoms with Crippen LogP contribution in [0.25, 0.3) is 10.6 Å². The van der Waals surface area contributed by atoms with Gasteiger partial charge in [-0.1, -0.05) is 32.1 Å². The quantitative estimate of drug-likeness (QED) is 0.522. The molecule has 0 bridgehead atoms. The lowest BCUT2D eigenvalue weighted by atomic mass is 9.90. The van der Waals surface area contributed by atoms with Crippen molar-refractivity contribution in [2.45, 2.75) is 20.8 Å². The first-order valence-corrected chi connectivity index (χ1v) is 7.44. The lowest BCUT2D eigenvalue weighted by molar-refractivity contribution is -0.384. The molecule has 0 spiro atoms. The molecule has 1 heterocycles. The molecule has 0 fully saturated rings. The Morgan fingerprint density at radius 1 is 1.17 bits per heavy atom. The van der Waals surface area contributed by atoms with Crippen LogP contribution in [-0.2, 0) is 9.59 Å². The van der Waals surface area contributed by atoms with Gasteiger partial charge in [-0.05, 0) is 12.1 Å². The summed E-state index contributed by atoms with van der Waals surface area (Å²) in [6.07, 6.45) is 0. The number of Topliss-reactive ketones (excluding diaryl/α,β-unsaturated/α-hetero) is 1. The largest absolute Gasteiger partial charge is 0.294 e. The van der Waals surface area contributed by atoms with Crippen LogP contribution in [0, 0.1) is 15.5 Å². The first kappa shape index (κ1) is 16.7. The van der Waals surface area contributed by atoms with Crippen molar-refractivity contribution in [2.24, 2.45) is 5.41 Å². The predicted octanol–water partition coefficient (Wildman–Crippen LogP) is 2.67. The minimum Gasteiger partial charge on any atom is -0.294 e. The third kappa shape index (κ3) is 3.95. The molecule has 23 heavy (non-hydrogen) atoms. The Labute approximate surface area is 135 Å². The standard InChI is InChI=1S/C14H14N4O4S/c1-14(2,3)10(19)11(20)15-13-17-16-12(23-13)8-4-6-9(7-5-8)18(21)22/h4-7H,1-3H3,(H,15,17,20). The van der Waals surface area contributed by atoms with Gasteiger partial charge in [0, 0.05) is 23.1 Å². The first-order chi connectivity index (χ1) is 10.7. The number of ketones is 1. The van der Waals surface area contributed by atoms with Crippen LogP contribution in [0.4, 0.5) is 10.8 Å². The van der Waals surface area contributed by atoms with Crippen molar-refractivity contribution in [2.75, 3.05) is 5.32 Å². The predicted molar refractivity (Wildman–Crippen MR) is 85.1 cm³/mol. The van der Waals surface area contributed by atoms with E-state index < -0.39 is 22.0 Å². The van der Waals surface area contributed by atoms with Gasteiger partial charge in [-0.2, -0.15) is 0 Å². The number of carbonyl (C=O) groups excluding carboxylic acids is 2. The maximum Gasteiger partial charge on any atom is 0.294 e. The topological polar surface area (TPSA) is 115 Å². The molecule has 1 amide bonds. The van der Waals surface area contributed by atoms with Gasteiger partial charge >= 0.3 is 0 Å². The van der Waals surface area contributed by atoms with Gasteiger partial charge in [0.15, 0.2) is 0 Å². The normalized spacial score (nSPS) is 11.1. The lowest BCUT2D eigenvalue weighted by Gasteiger charge is -2.14. The monoisotopic (exact) mass is 334 g/mol. The summed E-state index contributed by atoms with van der Waals surface area (Å²) in [5, 5.41) is 21.4. The van der Waals surface area contributed by atoms with Gasteiger partial charge in [-0.15, -0.1) is 10.2 Å². The number of non-ortho nitro benzene ring substituents is 1. The van der Waals surface area contributed by atoms with E-state index >= 15 is 0 Å². The maximum atomic E-state index is 11.8. The number of hydrogen-bond acceptors (Lipinski definition) is 7. The second-order valence-electron chi connectivity index (χ2n) is 5.75. The van der Waals surface area contributed by atoms with E-state index in [1.165, 1.54) is 12.1 Å². The Bertz CT molecular complexity index is 762. The molecule has 0 aliphatic heterocycles. The molecule has 0 saturated heterocycles. The van der Waals surface area contributed by atoms with Crippen LogP contribution >= 0.6 is 11.3 Å². The first-order valence-electron chi connectivity index (χ1n) is 6.62. The third-order valence-corrected chi connectivity index (χ3v) is 3.75. The second-order valence-corrected chi connectivity index (χ2v) is 6.73. The van der Waals surface area contributed by atoms with Crippen LogP contribution in [0.15, 0.2) is 24.3 Å². The second kappa shape index (κ2) is 6.21. The van der Waals surface area contributed by atoms with E-state index in [2.05, 4.69) is 15.5 Å². The van der Waals surface area contributed by atoms with Gasteiger partial charge < -0.3 is 0 Å². The number of aromatic nitrogens is 2. The van der Waals surface area contributed by atoms with Crippen molar-refractivity contribution >= 4 is 33.8 Å². The highest BCUT2D eigenvalue weighted by Gasteiger charge is 2.28. The molecule has 120 valence electrons. The van der Waals surface area contributed by atoms with Crippen molar-refractivity contribution in [3.63, 3.8) is 0 Å². The summed E-state index contributed by atoms with van der Waals surface area (Å²) in [7, 11) is 0. The number of anilines is 1. The fourth-order valence-electron chi connectivity index (χ4n) is 1.61. The van der Waals surface area contributed by atoms with Crippen molar-refractivity contribution in [1.82, 2.24) is 10.2 Å². The molecule has 0 aliphatic carbocycles. The Hall–Kier alpha value is -2.68. The summed E-state index contributed by atoms with van der Waals surface area (Å²) in [5.74, 6) is -1.30. The number of carbonyl (C=O) groups is 2. The minimum absolute atomic E-state index is 0.0254. The number of amides is 1. The van der Waals surface area contributed by atoms with Crippen molar-refractivity contribution in [3.05, 3.63) is 34.4 Å². The summed E-state index contributed by atoms with van der Waals surface area (Å²) in [6.45, 7) is 4.95. The van der Waals surface area contributed by atoms with Gasteiger partial charge in [0.25, 0.3) is 11.6 Å². The Kier molecular flexibility index (Phi) is 4.50. The molecule has 0 atom stereocenters. The molecule has 0 radical (unpaired) electrons. The van der Waals surface area contributed by atoms with Crippen molar-refractivity contribution in [1.29, 1.82) is 0 Å². The van der Waals surface area contributed by atoms with Gasteiger partial charge in [0.1, 0.15) is 5.01 Å². The van der Waals surface area contributed by atoms with Crippen LogP contribution < -0.4 is 5.32 Å². The van der Waals surface area contributed by atoms with Gasteiger partial charge in [-0.3, -0.25) is 25.0 Å². The average Bonchev–Trinajstić information content (AvgIpc) is 2.94. The Balaban J connectivity index is 2.13. The highest BCUT2D eigenvalue weighted by molar-refractivity contribution is 7.18. The average molecular weight is 334 g/mol. The number of nitrogens with one attached hydrogen (secondary N) is 1. The van der Waals surface area contributed by atoms with E-state index in [9.17, 15) is 19.7 Å². The zero-order valence-electron chi connectivity index (χ0n) is 12.7. The molecule has 2 rings (SSSR count). The van der Waals surface area contributed by atoms with Crippen LogP contribution in [-0.4, -0.2) is 26.8 Å². The number of rotatable bonds is 4. The summed E-state index contributed by atoms with van der Waals surface area (Å²) in [6, 6.07) is 5.81. The SMILES string of the molecule is CC(C)(C)C(=O)C(=O)Nc1nnc(-c2ccc([N+](=O)[O-])cc2)s1. The van der Waals surface area contributed by atoms with E-state index in [0.717, 1.165) is 11.3 Å². The van der Waals surface area contributed by atoms with E-state index in [-0.39, 0.29) is 10.8 Å². The van der Waals surface area contributed by atoms with Gasteiger partial charge in [0.05, 0.1) is 4.92 Å². The molecule has 1 aromatic carbocycles. The molecule has 0 unspecified atom stereocenters. The van der Waals surface area contributed by atoms with Crippen molar-refractivity contribution in [3.8, 4) is 10.6 Å². The number of nitrogens with zero attached hydrogens (tertiary/aromatic N) is 3. The molecule has 9 heteroatoms. The summed E-state index contributed by atoms with van der Waals surface area (Å²) in [5.41, 5.74) is -0.172. The number of hydrogen-bond donors (Lipinski definition) is 1. The highest BCUT2D eigenvalue weighted by Crippen LogP contribution is 2.28. The van der Waals surface area contributed by atoms with Crippen LogP contribution in [0.3, 0.4) is 0 Å². The van der Waals surface area contributed by atoms with Crippen molar-refractivity contribution < 1.29 is 14.5 Å². The Morgan fingerprint density at radius 2 is 1.78 bits per heavy atom. The molecule has 2 aromatic rings. The fraction of sp³-hybridized carbons (Fsp3) is 0.286. The minimum atomic E-state index is -0.782. The molecule has 0 saturated carbocycles. The summed E-state index contributed by atoms with van der Waals surface area (Å²) < 4.78 is 0. The highest BCUT2D eigenvalue weighted by atomic mass is 32.1. The third-order valence-electron chi connectivity index (χ3n) is 2.86. The number of nitro benzene ring substituents is 1.